The van der Waals surface area contributed by atoms with Crippen molar-refractivity contribution >= 4 is 11.6 Å². The summed E-state index contributed by atoms with van der Waals surface area (Å²) in [5.74, 6) is 0. The molecular weight excluding hydrogens is 332 g/mol. The van der Waals surface area contributed by atoms with Crippen LogP contribution in [-0.2, 0) is 11.3 Å². The van der Waals surface area contributed by atoms with Crippen molar-refractivity contribution in [3.05, 3.63) is 76.9 Å². The number of rotatable bonds is 9. The highest BCUT2D eigenvalue weighted by atomic mass is 35.5. The molecule has 0 saturated carbocycles. The van der Waals surface area contributed by atoms with Gasteiger partial charge in [-0.15, -0.1) is 0 Å². The molecule has 0 N–H and O–H groups in total. The van der Waals surface area contributed by atoms with Crippen LogP contribution >= 0.6 is 11.6 Å². The molecule has 1 aromatic heterocycles. The van der Waals surface area contributed by atoms with Crippen molar-refractivity contribution in [2.75, 3.05) is 6.61 Å². The summed E-state index contributed by atoms with van der Waals surface area (Å²) in [5.41, 5.74) is 3.72. The van der Waals surface area contributed by atoms with Crippen LogP contribution in [0.5, 0.6) is 0 Å². The van der Waals surface area contributed by atoms with Gasteiger partial charge >= 0.3 is 0 Å². The Bertz CT molecular complexity index is 700. The Morgan fingerprint density at radius 3 is 2.72 bits per heavy atom. The number of hydrogen-bond acceptors (Lipinski definition) is 2. The van der Waals surface area contributed by atoms with Crippen molar-refractivity contribution in [2.45, 2.75) is 46.3 Å². The SMILES string of the molecule is CC(C)=CCC/C(C)=C/COC(Cn1ccnc1)c1ccccc1Cl. The number of nitrogens with zero attached hydrogens (tertiary/aromatic N) is 2. The summed E-state index contributed by atoms with van der Waals surface area (Å²) in [4.78, 5) is 4.10. The van der Waals surface area contributed by atoms with Crippen LogP contribution in [0.15, 0.2) is 66.3 Å². The molecule has 2 rings (SSSR count). The van der Waals surface area contributed by atoms with E-state index in [1.54, 1.807) is 12.5 Å². The predicted molar refractivity (Wildman–Crippen MR) is 105 cm³/mol. The van der Waals surface area contributed by atoms with Crippen molar-refractivity contribution in [3.8, 4) is 0 Å². The number of ether oxygens (including phenoxy) is 1. The Kier molecular flexibility index (Phi) is 7.96. The fourth-order valence-electron chi connectivity index (χ4n) is 2.56. The maximum absolute atomic E-state index is 6.37. The molecule has 0 saturated heterocycles. The average Bonchev–Trinajstić information content (AvgIpc) is 3.07. The van der Waals surface area contributed by atoms with E-state index in [1.807, 2.05) is 35.0 Å². The second-order valence-electron chi connectivity index (χ2n) is 6.47. The zero-order valence-electron chi connectivity index (χ0n) is 15.3. The van der Waals surface area contributed by atoms with Crippen molar-refractivity contribution < 1.29 is 4.74 Å². The van der Waals surface area contributed by atoms with Crippen molar-refractivity contribution in [2.24, 2.45) is 0 Å². The first-order valence-corrected chi connectivity index (χ1v) is 9.05. The zero-order chi connectivity index (χ0) is 18.1. The minimum atomic E-state index is -0.107. The molecule has 0 fully saturated rings. The van der Waals surface area contributed by atoms with Crippen LogP contribution < -0.4 is 0 Å². The average molecular weight is 359 g/mol. The van der Waals surface area contributed by atoms with Crippen molar-refractivity contribution in [3.63, 3.8) is 0 Å². The number of halogens is 1. The Morgan fingerprint density at radius 2 is 2.04 bits per heavy atom. The van der Waals surface area contributed by atoms with Gasteiger partial charge in [0.25, 0.3) is 0 Å². The lowest BCUT2D eigenvalue weighted by molar-refractivity contribution is 0.0603. The van der Waals surface area contributed by atoms with Gasteiger partial charge in [-0.1, -0.05) is 53.1 Å². The van der Waals surface area contributed by atoms with Gasteiger partial charge in [0.15, 0.2) is 0 Å². The van der Waals surface area contributed by atoms with E-state index in [0.29, 0.717) is 13.2 Å². The van der Waals surface area contributed by atoms with E-state index in [-0.39, 0.29) is 6.10 Å². The van der Waals surface area contributed by atoms with E-state index in [4.69, 9.17) is 16.3 Å². The predicted octanol–water partition coefficient (Wildman–Crippen LogP) is 5.99. The van der Waals surface area contributed by atoms with Crippen molar-refractivity contribution in [1.82, 2.24) is 9.55 Å². The molecule has 0 spiro atoms. The minimum Gasteiger partial charge on any atom is -0.368 e. The molecule has 2 aromatic rings. The summed E-state index contributed by atoms with van der Waals surface area (Å²) in [7, 11) is 0. The molecule has 1 heterocycles. The van der Waals surface area contributed by atoms with Crippen LogP contribution in [-0.4, -0.2) is 16.2 Å². The van der Waals surface area contributed by atoms with Gasteiger partial charge in [0.05, 0.1) is 19.5 Å². The highest BCUT2D eigenvalue weighted by molar-refractivity contribution is 6.31. The van der Waals surface area contributed by atoms with Gasteiger partial charge in [-0.25, -0.2) is 4.98 Å². The molecular formula is C21H27ClN2O. The smallest absolute Gasteiger partial charge is 0.102 e. The van der Waals surface area contributed by atoms with Gasteiger partial charge < -0.3 is 9.30 Å². The second kappa shape index (κ2) is 10.2. The maximum atomic E-state index is 6.37. The van der Waals surface area contributed by atoms with E-state index in [1.165, 1.54) is 11.1 Å². The molecule has 1 aromatic carbocycles. The van der Waals surface area contributed by atoms with Crippen LogP contribution in [0.1, 0.15) is 45.3 Å². The molecule has 3 nitrogen and oxygen atoms in total. The van der Waals surface area contributed by atoms with Gasteiger partial charge in [0, 0.05) is 23.0 Å². The second-order valence-corrected chi connectivity index (χ2v) is 6.88. The summed E-state index contributed by atoms with van der Waals surface area (Å²) >= 11 is 6.37. The van der Waals surface area contributed by atoms with Gasteiger partial charge in [-0.05, 0) is 39.7 Å². The largest absolute Gasteiger partial charge is 0.368 e. The summed E-state index contributed by atoms with van der Waals surface area (Å²) in [6.45, 7) is 7.68. The minimum absolute atomic E-state index is 0.107. The maximum Gasteiger partial charge on any atom is 0.102 e. The first-order chi connectivity index (χ1) is 12.1. The Labute approximate surface area is 156 Å². The van der Waals surface area contributed by atoms with E-state index in [9.17, 15) is 0 Å². The van der Waals surface area contributed by atoms with E-state index in [0.717, 1.165) is 23.4 Å². The van der Waals surface area contributed by atoms with Crippen LogP contribution in [0.4, 0.5) is 0 Å². The third-order valence-corrected chi connectivity index (χ3v) is 4.35. The molecule has 0 aliphatic carbocycles. The molecule has 0 aliphatic rings. The third kappa shape index (κ3) is 6.89. The zero-order valence-corrected chi connectivity index (χ0v) is 16.0. The van der Waals surface area contributed by atoms with Crippen LogP contribution in [0.2, 0.25) is 5.02 Å². The lowest BCUT2D eigenvalue weighted by Crippen LogP contribution is -2.12. The molecule has 1 unspecified atom stereocenters. The Hall–Kier alpha value is -1.84. The van der Waals surface area contributed by atoms with Gasteiger partial charge in [-0.2, -0.15) is 0 Å². The number of aromatic nitrogens is 2. The fraction of sp³-hybridized carbons (Fsp3) is 0.381. The number of allylic oxidation sites excluding steroid dienone is 3. The number of imidazole rings is 1. The fourth-order valence-corrected chi connectivity index (χ4v) is 2.82. The quantitative estimate of drug-likeness (QED) is 0.515. The standard InChI is InChI=1S/C21H27ClN2O/c1-17(2)7-6-8-18(3)11-14-25-21(15-24-13-12-23-16-24)19-9-4-5-10-20(19)22/h4-5,7,9-13,16,21H,6,8,14-15H2,1-3H3/b18-11+. The molecule has 134 valence electrons. The first-order valence-electron chi connectivity index (χ1n) is 8.67. The summed E-state index contributed by atoms with van der Waals surface area (Å²) < 4.78 is 8.17. The van der Waals surface area contributed by atoms with Crippen LogP contribution in [0, 0.1) is 0 Å². The molecule has 0 radical (unpaired) electrons. The van der Waals surface area contributed by atoms with E-state index < -0.39 is 0 Å². The topological polar surface area (TPSA) is 27.1 Å². The van der Waals surface area contributed by atoms with Crippen molar-refractivity contribution in [1.29, 1.82) is 0 Å². The van der Waals surface area contributed by atoms with Crippen LogP contribution in [0.25, 0.3) is 0 Å². The van der Waals surface area contributed by atoms with E-state index >= 15 is 0 Å². The molecule has 4 heteroatoms. The lowest BCUT2D eigenvalue weighted by Gasteiger charge is -2.19. The number of hydrogen-bond donors (Lipinski definition) is 0. The normalized spacial score (nSPS) is 12.9. The molecule has 1 atom stereocenters. The number of benzene rings is 1. The monoisotopic (exact) mass is 358 g/mol. The first kappa shape index (κ1) is 19.5. The molecule has 25 heavy (non-hydrogen) atoms. The highest BCUT2D eigenvalue weighted by Crippen LogP contribution is 2.27. The lowest BCUT2D eigenvalue weighted by atomic mass is 10.1. The van der Waals surface area contributed by atoms with Gasteiger partial charge in [-0.3, -0.25) is 0 Å². The summed E-state index contributed by atoms with van der Waals surface area (Å²) in [5, 5.41) is 0.733. The Balaban J connectivity index is 1.99. The molecule has 0 bridgehead atoms. The van der Waals surface area contributed by atoms with Gasteiger partial charge in [0.1, 0.15) is 6.10 Å². The Morgan fingerprint density at radius 1 is 1.24 bits per heavy atom. The third-order valence-electron chi connectivity index (χ3n) is 4.01. The van der Waals surface area contributed by atoms with E-state index in [2.05, 4.69) is 37.9 Å². The highest BCUT2D eigenvalue weighted by Gasteiger charge is 2.15. The van der Waals surface area contributed by atoms with Crippen LogP contribution in [0.3, 0.4) is 0 Å². The summed E-state index contributed by atoms with van der Waals surface area (Å²) in [6.07, 6.45) is 12.0. The summed E-state index contributed by atoms with van der Waals surface area (Å²) in [6, 6.07) is 7.86. The molecule has 0 amide bonds. The van der Waals surface area contributed by atoms with Gasteiger partial charge in [0.2, 0.25) is 0 Å². The molecule has 0 aliphatic heterocycles.